The van der Waals surface area contributed by atoms with Crippen LogP contribution < -0.4 is 15.4 Å². The van der Waals surface area contributed by atoms with Gasteiger partial charge in [0.05, 0.1) is 5.02 Å². The van der Waals surface area contributed by atoms with Crippen molar-refractivity contribution in [1.29, 1.82) is 0 Å². The predicted molar refractivity (Wildman–Crippen MR) is 119 cm³/mol. The molecule has 0 aliphatic heterocycles. The lowest BCUT2D eigenvalue weighted by atomic mass is 10.2. The normalized spacial score (nSPS) is 10.7. The quantitative estimate of drug-likeness (QED) is 0.446. The van der Waals surface area contributed by atoms with Crippen molar-refractivity contribution in [2.45, 2.75) is 27.0 Å². The molecule has 3 aromatic carbocycles. The van der Waals surface area contributed by atoms with E-state index in [1.807, 2.05) is 62.4 Å². The lowest BCUT2D eigenvalue weighted by Gasteiger charge is -2.11. The summed E-state index contributed by atoms with van der Waals surface area (Å²) in [6.45, 7) is 4.42. The molecule has 156 valence electrons. The van der Waals surface area contributed by atoms with Crippen LogP contribution in [0, 0.1) is 11.7 Å². The fourth-order valence-electron chi connectivity index (χ4n) is 2.69. The van der Waals surface area contributed by atoms with Gasteiger partial charge in [-0.25, -0.2) is 4.39 Å². The summed E-state index contributed by atoms with van der Waals surface area (Å²) in [5.74, 6) is 0.204. The zero-order valence-corrected chi connectivity index (χ0v) is 17.7. The molecule has 0 heterocycles. The van der Waals surface area contributed by atoms with Crippen molar-refractivity contribution in [1.82, 2.24) is 0 Å². The van der Waals surface area contributed by atoms with E-state index in [0.717, 1.165) is 16.9 Å². The van der Waals surface area contributed by atoms with Gasteiger partial charge in [0.2, 0.25) is 5.91 Å². The minimum Gasteiger partial charge on any atom is -0.489 e. The van der Waals surface area contributed by atoms with Crippen molar-refractivity contribution in [3.63, 3.8) is 0 Å². The monoisotopic (exact) mass is 426 g/mol. The van der Waals surface area contributed by atoms with E-state index in [1.54, 1.807) is 12.1 Å². The molecule has 3 aromatic rings. The van der Waals surface area contributed by atoms with E-state index in [1.165, 1.54) is 6.07 Å². The van der Waals surface area contributed by atoms with Crippen molar-refractivity contribution in [3.8, 4) is 5.75 Å². The molecule has 0 radical (unpaired) electrons. The fourth-order valence-corrected chi connectivity index (χ4v) is 2.91. The lowest BCUT2D eigenvalue weighted by molar-refractivity contribution is -0.118. The first kappa shape index (κ1) is 21.7. The Balaban J connectivity index is 1.50. The van der Waals surface area contributed by atoms with E-state index in [4.69, 9.17) is 16.3 Å². The molecular formula is C24H24ClFN2O2. The molecule has 0 saturated heterocycles. The first-order valence-electron chi connectivity index (χ1n) is 9.72. The molecular weight excluding hydrogens is 403 g/mol. The molecule has 0 saturated carbocycles. The second kappa shape index (κ2) is 10.1. The van der Waals surface area contributed by atoms with Gasteiger partial charge in [0.1, 0.15) is 18.2 Å². The molecule has 0 spiro atoms. The van der Waals surface area contributed by atoms with Gasteiger partial charge in [-0.1, -0.05) is 43.6 Å². The van der Waals surface area contributed by atoms with Crippen molar-refractivity contribution >= 4 is 28.9 Å². The van der Waals surface area contributed by atoms with E-state index < -0.39 is 0 Å². The number of rotatable bonds is 8. The Kier molecular flexibility index (Phi) is 7.31. The Morgan fingerprint density at radius 2 is 1.67 bits per heavy atom. The summed E-state index contributed by atoms with van der Waals surface area (Å²) in [4.78, 5) is 11.7. The summed E-state index contributed by atoms with van der Waals surface area (Å²) in [7, 11) is 0. The van der Waals surface area contributed by atoms with Gasteiger partial charge in [0.25, 0.3) is 0 Å². The average Bonchev–Trinajstić information content (AvgIpc) is 2.73. The molecule has 0 fully saturated rings. The van der Waals surface area contributed by atoms with Crippen LogP contribution in [0.4, 0.5) is 15.8 Å². The number of amides is 1. The van der Waals surface area contributed by atoms with Gasteiger partial charge in [0, 0.05) is 29.4 Å². The van der Waals surface area contributed by atoms with Crippen LogP contribution in [0.15, 0.2) is 66.7 Å². The second-order valence-electron chi connectivity index (χ2n) is 7.21. The molecule has 3 rings (SSSR count). The second-order valence-corrected chi connectivity index (χ2v) is 7.61. The smallest absolute Gasteiger partial charge is 0.226 e. The Bertz CT molecular complexity index is 969. The maximum atomic E-state index is 13.8. The lowest BCUT2D eigenvalue weighted by Crippen LogP contribution is -2.17. The van der Waals surface area contributed by atoms with Crippen molar-refractivity contribution in [3.05, 3.63) is 88.7 Å². The SMILES string of the molecule is CC(C)C(=O)Nc1ccc(NCc2ccc(OCc3c(F)cccc3Cl)cc2)cc1. The number of hydrogen-bond donors (Lipinski definition) is 2. The van der Waals surface area contributed by atoms with Crippen LogP contribution >= 0.6 is 11.6 Å². The van der Waals surface area contributed by atoms with Gasteiger partial charge in [0.15, 0.2) is 0 Å². The number of hydrogen-bond acceptors (Lipinski definition) is 3. The number of halogens is 2. The van der Waals surface area contributed by atoms with E-state index in [9.17, 15) is 9.18 Å². The van der Waals surface area contributed by atoms with Crippen LogP contribution in [0.25, 0.3) is 0 Å². The molecule has 0 aromatic heterocycles. The van der Waals surface area contributed by atoms with Crippen molar-refractivity contribution in [2.75, 3.05) is 10.6 Å². The van der Waals surface area contributed by atoms with Crippen LogP contribution in [0.2, 0.25) is 5.02 Å². The zero-order chi connectivity index (χ0) is 21.5. The van der Waals surface area contributed by atoms with Crippen molar-refractivity contribution < 1.29 is 13.9 Å². The number of carbonyl (C=O) groups excluding carboxylic acids is 1. The van der Waals surface area contributed by atoms with Crippen LogP contribution in [0.1, 0.15) is 25.0 Å². The highest BCUT2D eigenvalue weighted by molar-refractivity contribution is 6.31. The Hall–Kier alpha value is -3.05. The molecule has 1 amide bonds. The number of benzene rings is 3. The molecule has 0 unspecified atom stereocenters. The summed E-state index contributed by atoms with van der Waals surface area (Å²) >= 11 is 6.02. The first-order chi connectivity index (χ1) is 14.4. The predicted octanol–water partition coefficient (Wildman–Crippen LogP) is 6.26. The molecule has 6 heteroatoms. The van der Waals surface area contributed by atoms with Crippen LogP contribution in [0.3, 0.4) is 0 Å². The highest BCUT2D eigenvalue weighted by atomic mass is 35.5. The van der Waals surface area contributed by atoms with E-state index in [-0.39, 0.29) is 24.2 Å². The van der Waals surface area contributed by atoms with Crippen LogP contribution in [0.5, 0.6) is 5.75 Å². The highest BCUT2D eigenvalue weighted by Gasteiger charge is 2.08. The number of ether oxygens (including phenoxy) is 1. The van der Waals surface area contributed by atoms with Crippen LogP contribution in [-0.2, 0) is 17.9 Å². The van der Waals surface area contributed by atoms with E-state index >= 15 is 0 Å². The minimum atomic E-state index is -0.377. The summed E-state index contributed by atoms with van der Waals surface area (Å²) in [5, 5.41) is 6.56. The van der Waals surface area contributed by atoms with E-state index in [2.05, 4.69) is 10.6 Å². The third-order valence-corrected chi connectivity index (χ3v) is 4.90. The maximum absolute atomic E-state index is 13.8. The Labute approximate surface area is 181 Å². The summed E-state index contributed by atoms with van der Waals surface area (Å²) in [5.41, 5.74) is 3.14. The zero-order valence-electron chi connectivity index (χ0n) is 16.9. The number of nitrogens with one attached hydrogen (secondary N) is 2. The molecule has 0 aliphatic carbocycles. The molecule has 0 aliphatic rings. The molecule has 4 nitrogen and oxygen atoms in total. The largest absolute Gasteiger partial charge is 0.489 e. The average molecular weight is 427 g/mol. The first-order valence-corrected chi connectivity index (χ1v) is 10.1. The molecule has 30 heavy (non-hydrogen) atoms. The number of carbonyl (C=O) groups is 1. The van der Waals surface area contributed by atoms with Gasteiger partial charge in [-0.05, 0) is 54.1 Å². The Morgan fingerprint density at radius 3 is 2.30 bits per heavy atom. The summed E-state index contributed by atoms with van der Waals surface area (Å²) < 4.78 is 19.5. The standard InChI is InChI=1S/C24H24ClFN2O2/c1-16(2)24(29)28-19-10-8-18(9-11-19)27-14-17-6-12-20(13-7-17)30-15-21-22(25)4-3-5-23(21)26/h3-13,16,27H,14-15H2,1-2H3,(H,28,29). The topological polar surface area (TPSA) is 50.4 Å². The maximum Gasteiger partial charge on any atom is 0.226 e. The van der Waals surface area contributed by atoms with Gasteiger partial charge >= 0.3 is 0 Å². The minimum absolute atomic E-state index is 0.00436. The highest BCUT2D eigenvalue weighted by Crippen LogP contribution is 2.22. The summed E-state index contributed by atoms with van der Waals surface area (Å²) in [6.07, 6.45) is 0. The van der Waals surface area contributed by atoms with E-state index in [0.29, 0.717) is 22.9 Å². The van der Waals surface area contributed by atoms with Gasteiger partial charge in [-0.3, -0.25) is 4.79 Å². The van der Waals surface area contributed by atoms with Gasteiger partial charge in [-0.15, -0.1) is 0 Å². The van der Waals surface area contributed by atoms with Crippen LogP contribution in [-0.4, -0.2) is 5.91 Å². The molecule has 0 bridgehead atoms. The molecule has 2 N–H and O–H groups in total. The fraction of sp³-hybridized carbons (Fsp3) is 0.208. The van der Waals surface area contributed by atoms with Gasteiger partial charge in [-0.2, -0.15) is 0 Å². The number of anilines is 2. The summed E-state index contributed by atoms with van der Waals surface area (Å²) in [6, 6.07) is 19.7. The molecule has 0 atom stereocenters. The Morgan fingerprint density at radius 1 is 1.00 bits per heavy atom. The van der Waals surface area contributed by atoms with Gasteiger partial charge < -0.3 is 15.4 Å². The van der Waals surface area contributed by atoms with Crippen molar-refractivity contribution in [2.24, 2.45) is 5.92 Å². The third kappa shape index (κ3) is 5.97. The third-order valence-electron chi connectivity index (χ3n) is 4.54.